The van der Waals surface area contributed by atoms with Crippen LogP contribution in [0.3, 0.4) is 0 Å². The van der Waals surface area contributed by atoms with Crippen LogP contribution in [0.4, 0.5) is 0 Å². The van der Waals surface area contributed by atoms with Crippen molar-refractivity contribution in [1.29, 1.82) is 0 Å². The molecule has 0 spiro atoms. The highest BCUT2D eigenvalue weighted by Gasteiger charge is 2.34. The summed E-state index contributed by atoms with van der Waals surface area (Å²) in [6.07, 6.45) is 0.583. The molecule has 2 nitrogen and oxygen atoms in total. The zero-order chi connectivity index (χ0) is 16.7. The van der Waals surface area contributed by atoms with Crippen LogP contribution in [0.5, 0.6) is 11.5 Å². The molecule has 0 bridgehead atoms. The molecule has 0 fully saturated rings. The second-order valence-electron chi connectivity index (χ2n) is 5.45. The van der Waals surface area contributed by atoms with Gasteiger partial charge in [0.25, 0.3) is 0 Å². The van der Waals surface area contributed by atoms with Crippen molar-refractivity contribution in [2.75, 3.05) is 0 Å². The van der Waals surface area contributed by atoms with Gasteiger partial charge in [0.05, 0.1) is 15.6 Å². The van der Waals surface area contributed by atoms with Crippen LogP contribution < -0.4 is 4.74 Å². The summed E-state index contributed by atoms with van der Waals surface area (Å²) in [7, 11) is 0. The van der Waals surface area contributed by atoms with E-state index in [2.05, 4.69) is 0 Å². The zero-order valence-corrected chi connectivity index (χ0v) is 14.8. The highest BCUT2D eigenvalue weighted by molar-refractivity contribution is 7.91. The van der Waals surface area contributed by atoms with Crippen LogP contribution in [0, 0.1) is 0 Å². The Bertz CT molecular complexity index is 913. The molecule has 120 valence electrons. The average Bonchev–Trinajstić information content (AvgIpc) is 2.59. The van der Waals surface area contributed by atoms with Crippen LogP contribution in [0.25, 0.3) is 0 Å². The number of ether oxygens (including phenoxy) is 1. The highest BCUT2D eigenvalue weighted by atomic mass is 35.5. The fourth-order valence-corrected chi connectivity index (χ4v) is 5.02. The van der Waals surface area contributed by atoms with Crippen LogP contribution in [0.2, 0.25) is 10.0 Å². The standard InChI is InChI=1S/C19H12Cl2O2S/c20-15-11-16(21)19-14(18(15)23-13-7-2-1-3-8-13)10-12-6-4-5-9-17(12)24(19)22/h1-9,11H,10H2. The first-order valence-electron chi connectivity index (χ1n) is 7.38. The molecule has 1 heterocycles. The van der Waals surface area contributed by atoms with E-state index in [0.29, 0.717) is 32.9 Å². The molecule has 0 amide bonds. The molecule has 0 saturated carbocycles. The van der Waals surface area contributed by atoms with E-state index in [9.17, 15) is 4.55 Å². The summed E-state index contributed by atoms with van der Waals surface area (Å²) >= 11 is 11.4. The molecule has 5 heteroatoms. The molecule has 0 saturated heterocycles. The molecule has 3 aromatic rings. The molecule has 4 rings (SSSR count). The van der Waals surface area contributed by atoms with Crippen molar-refractivity contribution in [2.24, 2.45) is 0 Å². The van der Waals surface area contributed by atoms with Gasteiger partial charge < -0.3 is 9.29 Å². The maximum Gasteiger partial charge on any atom is 0.184 e. The fraction of sp³-hybridized carbons (Fsp3) is 0.0526. The van der Waals surface area contributed by atoms with Gasteiger partial charge in [-0.2, -0.15) is 0 Å². The van der Waals surface area contributed by atoms with E-state index in [-0.39, 0.29) is 0 Å². The van der Waals surface area contributed by atoms with E-state index < -0.39 is 11.2 Å². The molecule has 24 heavy (non-hydrogen) atoms. The van der Waals surface area contributed by atoms with Crippen LogP contribution in [0.1, 0.15) is 11.1 Å². The van der Waals surface area contributed by atoms with Gasteiger partial charge in [-0.3, -0.25) is 0 Å². The molecule has 0 aromatic heterocycles. The molecule has 0 N–H and O–H groups in total. The second kappa shape index (κ2) is 6.34. The summed E-state index contributed by atoms with van der Waals surface area (Å²) in [6, 6.07) is 18.7. The van der Waals surface area contributed by atoms with E-state index in [4.69, 9.17) is 27.9 Å². The minimum Gasteiger partial charge on any atom is -0.606 e. The number of rotatable bonds is 2. The molecule has 0 aliphatic carbocycles. The predicted octanol–water partition coefficient (Wildman–Crippen LogP) is 5.86. The molecule has 1 unspecified atom stereocenters. The van der Waals surface area contributed by atoms with Crippen LogP contribution in [0.15, 0.2) is 70.5 Å². The lowest BCUT2D eigenvalue weighted by Gasteiger charge is -2.25. The number of fused-ring (bicyclic) bond motifs is 2. The highest BCUT2D eigenvalue weighted by Crippen LogP contribution is 2.46. The van der Waals surface area contributed by atoms with Gasteiger partial charge >= 0.3 is 0 Å². The molecule has 3 aromatic carbocycles. The third-order valence-corrected chi connectivity index (χ3v) is 6.25. The molecule has 1 atom stereocenters. The molecular weight excluding hydrogens is 363 g/mol. The first-order chi connectivity index (χ1) is 11.6. The average molecular weight is 375 g/mol. The fourth-order valence-electron chi connectivity index (χ4n) is 2.84. The van der Waals surface area contributed by atoms with E-state index >= 15 is 0 Å². The maximum absolute atomic E-state index is 13.0. The Morgan fingerprint density at radius 1 is 0.917 bits per heavy atom. The lowest BCUT2D eigenvalue weighted by atomic mass is 10.0. The Kier molecular flexibility index (Phi) is 4.19. The normalized spacial score (nSPS) is 15.5. The second-order valence-corrected chi connectivity index (χ2v) is 7.65. The number of benzene rings is 3. The van der Waals surface area contributed by atoms with Crippen molar-refractivity contribution < 1.29 is 9.29 Å². The topological polar surface area (TPSA) is 32.3 Å². The largest absolute Gasteiger partial charge is 0.606 e. The molecule has 1 aliphatic rings. The summed E-state index contributed by atoms with van der Waals surface area (Å²) in [6.45, 7) is 0. The van der Waals surface area contributed by atoms with Gasteiger partial charge in [0.1, 0.15) is 5.75 Å². The Hall–Kier alpha value is -1.65. The van der Waals surface area contributed by atoms with Crippen molar-refractivity contribution in [3.63, 3.8) is 0 Å². The van der Waals surface area contributed by atoms with Crippen LogP contribution in [-0.4, -0.2) is 4.55 Å². The van der Waals surface area contributed by atoms with Crippen molar-refractivity contribution in [3.8, 4) is 11.5 Å². The smallest absolute Gasteiger partial charge is 0.184 e. The Balaban J connectivity index is 1.87. The summed E-state index contributed by atoms with van der Waals surface area (Å²) in [5, 5.41) is 0.822. The Labute approximate surface area is 153 Å². The number of hydrogen-bond acceptors (Lipinski definition) is 2. The van der Waals surface area contributed by atoms with Gasteiger partial charge in [-0.25, -0.2) is 0 Å². The summed E-state index contributed by atoms with van der Waals surface area (Å²) < 4.78 is 19.0. The van der Waals surface area contributed by atoms with Crippen LogP contribution in [-0.2, 0) is 17.6 Å². The number of para-hydroxylation sites is 1. The van der Waals surface area contributed by atoms with Crippen molar-refractivity contribution >= 4 is 34.4 Å². The van der Waals surface area contributed by atoms with Gasteiger partial charge in [-0.15, -0.1) is 0 Å². The van der Waals surface area contributed by atoms with Gasteiger partial charge in [0.2, 0.25) is 0 Å². The van der Waals surface area contributed by atoms with Gasteiger partial charge in [-0.1, -0.05) is 59.6 Å². The third kappa shape index (κ3) is 2.68. The van der Waals surface area contributed by atoms with Gasteiger partial charge in [0, 0.05) is 23.2 Å². The number of hydrogen-bond donors (Lipinski definition) is 0. The Morgan fingerprint density at radius 3 is 2.42 bits per heavy atom. The first-order valence-corrected chi connectivity index (χ1v) is 9.29. The van der Waals surface area contributed by atoms with E-state index in [1.165, 1.54) is 0 Å². The van der Waals surface area contributed by atoms with Gasteiger partial charge in [0.15, 0.2) is 15.5 Å². The summed E-state index contributed by atoms with van der Waals surface area (Å²) in [4.78, 5) is 1.38. The zero-order valence-electron chi connectivity index (χ0n) is 12.5. The van der Waals surface area contributed by atoms with Crippen molar-refractivity contribution in [3.05, 3.63) is 81.8 Å². The maximum atomic E-state index is 13.0. The molecular formula is C19H12Cl2O2S. The molecule has 0 radical (unpaired) electrons. The van der Waals surface area contributed by atoms with Crippen molar-refractivity contribution in [1.82, 2.24) is 0 Å². The number of halogens is 2. The monoisotopic (exact) mass is 374 g/mol. The van der Waals surface area contributed by atoms with E-state index in [0.717, 1.165) is 16.0 Å². The van der Waals surface area contributed by atoms with Gasteiger partial charge in [-0.05, 0) is 24.3 Å². The van der Waals surface area contributed by atoms with Crippen molar-refractivity contribution in [2.45, 2.75) is 16.2 Å². The predicted molar refractivity (Wildman–Crippen MR) is 96.9 cm³/mol. The molecule has 1 aliphatic heterocycles. The minimum absolute atomic E-state index is 0.406. The third-order valence-electron chi connectivity index (χ3n) is 3.92. The summed E-state index contributed by atoms with van der Waals surface area (Å²) in [5.41, 5.74) is 1.79. The quantitative estimate of drug-likeness (QED) is 0.526. The van der Waals surface area contributed by atoms with E-state index in [1.54, 1.807) is 6.07 Å². The Morgan fingerprint density at radius 2 is 1.62 bits per heavy atom. The first kappa shape index (κ1) is 15.9. The van der Waals surface area contributed by atoms with E-state index in [1.807, 2.05) is 54.6 Å². The SMILES string of the molecule is [O-][S+]1c2ccccc2Cc2c(Oc3ccccc3)c(Cl)cc(Cl)c21. The minimum atomic E-state index is -1.35. The summed E-state index contributed by atoms with van der Waals surface area (Å²) in [5.74, 6) is 1.19. The lowest BCUT2D eigenvalue weighted by Crippen LogP contribution is -2.16. The van der Waals surface area contributed by atoms with Crippen LogP contribution >= 0.6 is 23.2 Å². The lowest BCUT2D eigenvalue weighted by molar-refractivity contribution is 0.474.